The van der Waals surface area contributed by atoms with E-state index in [0.29, 0.717) is 13.0 Å². The van der Waals surface area contributed by atoms with Crippen molar-refractivity contribution in [2.75, 3.05) is 13.2 Å². The molecule has 3 nitrogen and oxygen atoms in total. The van der Waals surface area contributed by atoms with Crippen LogP contribution in [0, 0.1) is 0 Å². The lowest BCUT2D eigenvalue weighted by Crippen LogP contribution is -2.27. The summed E-state index contributed by atoms with van der Waals surface area (Å²) in [4.78, 5) is 12.5. The fraction of sp³-hybridized carbons (Fsp3) is 0.250. The van der Waals surface area contributed by atoms with Crippen molar-refractivity contribution in [2.45, 2.75) is 6.42 Å². The zero-order chi connectivity index (χ0) is 11.4. The van der Waals surface area contributed by atoms with Crippen molar-refractivity contribution >= 4 is 27.3 Å². The predicted octanol–water partition coefficient (Wildman–Crippen LogP) is 1.55. The van der Waals surface area contributed by atoms with Gasteiger partial charge in [-0.25, -0.2) is 0 Å². The molecule has 2 N–H and O–H groups in total. The number of nitrogens with one attached hydrogen (secondary N) is 1. The third-order valence-corrected chi connectivity index (χ3v) is 3.36. The van der Waals surface area contributed by atoms with E-state index < -0.39 is 0 Å². The van der Waals surface area contributed by atoms with Crippen LogP contribution in [0.2, 0.25) is 0 Å². The standard InChI is InChI=1S/C12H13NO2S/c14-6-5-13-12(15)8-10-7-9-3-1-2-4-11(9)16-10/h1-4,7,14H,5-6,8H2,(H,13,15). The van der Waals surface area contributed by atoms with E-state index in [2.05, 4.69) is 11.4 Å². The van der Waals surface area contributed by atoms with Crippen molar-refractivity contribution in [1.29, 1.82) is 0 Å². The Morgan fingerprint density at radius 3 is 2.94 bits per heavy atom. The lowest BCUT2D eigenvalue weighted by molar-refractivity contribution is -0.120. The van der Waals surface area contributed by atoms with E-state index in [1.165, 1.54) is 10.1 Å². The molecule has 0 aliphatic heterocycles. The maximum atomic E-state index is 11.4. The van der Waals surface area contributed by atoms with Gasteiger partial charge in [0, 0.05) is 16.1 Å². The number of carbonyl (C=O) groups excluding carboxylic acids is 1. The molecule has 0 radical (unpaired) electrons. The summed E-state index contributed by atoms with van der Waals surface area (Å²) in [6.45, 7) is 0.307. The average molecular weight is 235 g/mol. The van der Waals surface area contributed by atoms with Crippen LogP contribution in [-0.4, -0.2) is 24.2 Å². The molecule has 1 heterocycles. The van der Waals surface area contributed by atoms with E-state index in [4.69, 9.17) is 5.11 Å². The van der Waals surface area contributed by atoms with E-state index >= 15 is 0 Å². The smallest absolute Gasteiger partial charge is 0.225 e. The molecule has 16 heavy (non-hydrogen) atoms. The Balaban J connectivity index is 2.07. The minimum Gasteiger partial charge on any atom is -0.395 e. The van der Waals surface area contributed by atoms with Crippen molar-refractivity contribution in [3.8, 4) is 0 Å². The van der Waals surface area contributed by atoms with E-state index in [1.807, 2.05) is 24.3 Å². The van der Waals surface area contributed by atoms with Crippen molar-refractivity contribution in [3.05, 3.63) is 35.2 Å². The SMILES string of the molecule is O=C(Cc1cc2ccccc2s1)NCCO. The van der Waals surface area contributed by atoms with Crippen LogP contribution in [0.4, 0.5) is 0 Å². The van der Waals surface area contributed by atoms with Crippen LogP contribution in [0.3, 0.4) is 0 Å². The molecule has 1 amide bonds. The van der Waals surface area contributed by atoms with Crippen LogP contribution in [0.15, 0.2) is 30.3 Å². The molecule has 0 unspecified atom stereocenters. The Hall–Kier alpha value is -1.39. The molecule has 0 bridgehead atoms. The minimum absolute atomic E-state index is 0.0157. The summed E-state index contributed by atoms with van der Waals surface area (Å²) < 4.78 is 1.20. The second-order valence-electron chi connectivity index (χ2n) is 3.50. The van der Waals surface area contributed by atoms with Crippen LogP contribution < -0.4 is 5.32 Å². The molecule has 0 spiro atoms. The summed E-state index contributed by atoms with van der Waals surface area (Å²) >= 11 is 1.64. The summed E-state index contributed by atoms with van der Waals surface area (Å²) in [7, 11) is 0. The number of aliphatic hydroxyl groups is 1. The Labute approximate surface area is 97.7 Å². The van der Waals surface area contributed by atoms with Gasteiger partial charge in [-0.2, -0.15) is 0 Å². The van der Waals surface area contributed by atoms with Crippen LogP contribution in [-0.2, 0) is 11.2 Å². The van der Waals surface area contributed by atoms with Crippen LogP contribution in [0.1, 0.15) is 4.88 Å². The molecule has 1 aromatic heterocycles. The first kappa shape index (κ1) is 11.1. The van der Waals surface area contributed by atoms with Crippen molar-refractivity contribution < 1.29 is 9.90 Å². The van der Waals surface area contributed by atoms with E-state index in [9.17, 15) is 4.79 Å². The number of hydrogen-bond acceptors (Lipinski definition) is 3. The lowest BCUT2D eigenvalue weighted by Gasteiger charge is -2.00. The highest BCUT2D eigenvalue weighted by Gasteiger charge is 2.06. The normalized spacial score (nSPS) is 10.6. The third kappa shape index (κ3) is 2.59. The number of thiophene rings is 1. The highest BCUT2D eigenvalue weighted by molar-refractivity contribution is 7.19. The van der Waals surface area contributed by atoms with E-state index in [1.54, 1.807) is 11.3 Å². The first-order chi connectivity index (χ1) is 7.79. The maximum absolute atomic E-state index is 11.4. The van der Waals surface area contributed by atoms with Gasteiger partial charge in [0.05, 0.1) is 13.0 Å². The molecule has 0 atom stereocenters. The lowest BCUT2D eigenvalue weighted by atomic mass is 10.2. The van der Waals surface area contributed by atoms with Crippen molar-refractivity contribution in [2.24, 2.45) is 0 Å². The predicted molar refractivity (Wildman–Crippen MR) is 65.6 cm³/mol. The topological polar surface area (TPSA) is 49.3 Å². The minimum atomic E-state index is -0.0411. The van der Waals surface area contributed by atoms with Gasteiger partial charge in [-0.05, 0) is 17.5 Å². The maximum Gasteiger partial charge on any atom is 0.225 e. The van der Waals surface area contributed by atoms with Crippen LogP contribution in [0.5, 0.6) is 0 Å². The fourth-order valence-electron chi connectivity index (χ4n) is 1.54. The highest BCUT2D eigenvalue weighted by Crippen LogP contribution is 2.25. The molecule has 0 saturated heterocycles. The molecule has 84 valence electrons. The molecule has 0 saturated carbocycles. The number of rotatable bonds is 4. The zero-order valence-electron chi connectivity index (χ0n) is 8.77. The van der Waals surface area contributed by atoms with Crippen LogP contribution in [0.25, 0.3) is 10.1 Å². The summed E-state index contributed by atoms with van der Waals surface area (Å²) in [6, 6.07) is 10.1. The molecule has 2 rings (SSSR count). The van der Waals surface area contributed by atoms with E-state index in [-0.39, 0.29) is 12.5 Å². The van der Waals surface area contributed by atoms with Crippen molar-refractivity contribution in [1.82, 2.24) is 5.32 Å². The Kier molecular flexibility index (Phi) is 3.54. The molecular weight excluding hydrogens is 222 g/mol. The van der Waals surface area contributed by atoms with Gasteiger partial charge >= 0.3 is 0 Å². The Morgan fingerprint density at radius 2 is 2.19 bits per heavy atom. The number of aliphatic hydroxyl groups excluding tert-OH is 1. The average Bonchev–Trinajstić information content (AvgIpc) is 2.68. The molecule has 4 heteroatoms. The third-order valence-electron chi connectivity index (χ3n) is 2.25. The number of amides is 1. The Morgan fingerprint density at radius 1 is 1.38 bits per heavy atom. The molecule has 1 aromatic carbocycles. The number of carbonyl (C=O) groups is 1. The Bertz CT molecular complexity index is 459. The fourth-order valence-corrected chi connectivity index (χ4v) is 2.60. The van der Waals surface area contributed by atoms with Gasteiger partial charge in [0.15, 0.2) is 0 Å². The summed E-state index contributed by atoms with van der Waals surface area (Å²) in [5.74, 6) is -0.0411. The second-order valence-corrected chi connectivity index (χ2v) is 4.67. The first-order valence-electron chi connectivity index (χ1n) is 5.14. The van der Waals surface area contributed by atoms with Gasteiger partial charge in [0.2, 0.25) is 5.91 Å². The van der Waals surface area contributed by atoms with Crippen LogP contribution >= 0.6 is 11.3 Å². The van der Waals surface area contributed by atoms with Gasteiger partial charge in [0.25, 0.3) is 0 Å². The van der Waals surface area contributed by atoms with Gasteiger partial charge in [-0.1, -0.05) is 18.2 Å². The zero-order valence-corrected chi connectivity index (χ0v) is 9.59. The monoisotopic (exact) mass is 235 g/mol. The number of hydrogen-bond donors (Lipinski definition) is 2. The first-order valence-corrected chi connectivity index (χ1v) is 5.96. The molecule has 0 aliphatic carbocycles. The highest BCUT2D eigenvalue weighted by atomic mass is 32.1. The van der Waals surface area contributed by atoms with Gasteiger partial charge in [-0.3, -0.25) is 4.79 Å². The number of benzene rings is 1. The molecule has 0 aliphatic rings. The summed E-state index contributed by atoms with van der Waals surface area (Å²) in [5.41, 5.74) is 0. The molecular formula is C12H13NO2S. The number of fused-ring (bicyclic) bond motifs is 1. The largest absolute Gasteiger partial charge is 0.395 e. The summed E-state index contributed by atoms with van der Waals surface area (Å²) in [5, 5.41) is 12.4. The van der Waals surface area contributed by atoms with E-state index in [0.717, 1.165) is 4.88 Å². The van der Waals surface area contributed by atoms with Gasteiger partial charge < -0.3 is 10.4 Å². The molecule has 2 aromatic rings. The quantitative estimate of drug-likeness (QED) is 0.844. The summed E-state index contributed by atoms with van der Waals surface area (Å²) in [6.07, 6.45) is 0.388. The second kappa shape index (κ2) is 5.09. The van der Waals surface area contributed by atoms with Crippen molar-refractivity contribution in [3.63, 3.8) is 0 Å². The van der Waals surface area contributed by atoms with Gasteiger partial charge in [0.1, 0.15) is 0 Å². The molecule has 0 fully saturated rings. The van der Waals surface area contributed by atoms with Gasteiger partial charge in [-0.15, -0.1) is 11.3 Å².